The van der Waals surface area contributed by atoms with Gasteiger partial charge in [0.2, 0.25) is 0 Å². The van der Waals surface area contributed by atoms with E-state index in [4.69, 9.17) is 4.74 Å². The molecular weight excluding hydrogens is 248 g/mol. The van der Waals surface area contributed by atoms with Gasteiger partial charge in [0.1, 0.15) is 5.75 Å². The van der Waals surface area contributed by atoms with Crippen molar-refractivity contribution >= 4 is 0 Å². The van der Waals surface area contributed by atoms with E-state index in [1.54, 1.807) is 7.11 Å². The van der Waals surface area contributed by atoms with Crippen LogP contribution in [-0.2, 0) is 0 Å². The third-order valence-electron chi connectivity index (χ3n) is 4.27. The maximum Gasteiger partial charge on any atom is 0.123 e. The minimum Gasteiger partial charge on any atom is -0.496 e. The molecule has 0 N–H and O–H groups in total. The predicted octanol–water partition coefficient (Wildman–Crippen LogP) is 3.41. The van der Waals surface area contributed by atoms with E-state index in [-0.39, 0.29) is 5.92 Å². The molecule has 1 aromatic carbocycles. The van der Waals surface area contributed by atoms with Gasteiger partial charge < -0.3 is 9.64 Å². The number of rotatable bonds is 4. The van der Waals surface area contributed by atoms with Crippen LogP contribution in [0.25, 0.3) is 0 Å². The molecule has 1 aliphatic heterocycles. The van der Waals surface area contributed by atoms with Crippen LogP contribution in [0.1, 0.15) is 41.9 Å². The molecular formula is C17H24N2O. The Labute approximate surface area is 122 Å². The molecule has 0 amide bonds. The Morgan fingerprint density at radius 3 is 2.45 bits per heavy atom. The van der Waals surface area contributed by atoms with Crippen molar-refractivity contribution in [3.63, 3.8) is 0 Å². The maximum absolute atomic E-state index is 9.56. The number of hydrogen-bond donors (Lipinski definition) is 0. The Morgan fingerprint density at radius 2 is 1.85 bits per heavy atom. The molecule has 108 valence electrons. The van der Waals surface area contributed by atoms with Crippen molar-refractivity contribution in [2.75, 3.05) is 26.7 Å². The summed E-state index contributed by atoms with van der Waals surface area (Å²) < 4.78 is 5.48. The van der Waals surface area contributed by atoms with E-state index in [2.05, 4.69) is 30.9 Å². The molecule has 1 heterocycles. The van der Waals surface area contributed by atoms with Crippen LogP contribution in [0.3, 0.4) is 0 Å². The van der Waals surface area contributed by atoms with E-state index < -0.39 is 0 Å². The second-order valence-electron chi connectivity index (χ2n) is 5.72. The smallest absolute Gasteiger partial charge is 0.123 e. The lowest BCUT2D eigenvalue weighted by Crippen LogP contribution is -2.33. The zero-order valence-corrected chi connectivity index (χ0v) is 12.8. The van der Waals surface area contributed by atoms with Crippen LogP contribution in [0, 0.1) is 25.2 Å². The van der Waals surface area contributed by atoms with Crippen molar-refractivity contribution in [1.29, 1.82) is 5.26 Å². The van der Waals surface area contributed by atoms with Crippen LogP contribution < -0.4 is 4.74 Å². The SMILES string of the molecule is COc1cc(C)c(C)cc1C(C#N)CN1CCCCC1. The molecule has 1 fully saturated rings. The van der Waals surface area contributed by atoms with Gasteiger partial charge in [-0.1, -0.05) is 12.5 Å². The summed E-state index contributed by atoms with van der Waals surface area (Å²) in [5.41, 5.74) is 3.46. The van der Waals surface area contributed by atoms with Gasteiger partial charge in [-0.15, -0.1) is 0 Å². The quantitative estimate of drug-likeness (QED) is 0.842. The van der Waals surface area contributed by atoms with Gasteiger partial charge in [0.05, 0.1) is 19.1 Å². The Kier molecular flexibility index (Phi) is 5.03. The predicted molar refractivity (Wildman–Crippen MR) is 81.1 cm³/mol. The molecule has 1 saturated heterocycles. The van der Waals surface area contributed by atoms with Gasteiger partial charge in [-0.05, 0) is 57.0 Å². The van der Waals surface area contributed by atoms with Gasteiger partial charge in [0.25, 0.3) is 0 Å². The summed E-state index contributed by atoms with van der Waals surface area (Å²) in [5, 5.41) is 9.56. The molecule has 1 atom stereocenters. The van der Waals surface area contributed by atoms with E-state index >= 15 is 0 Å². The van der Waals surface area contributed by atoms with Crippen LogP contribution in [0.4, 0.5) is 0 Å². The zero-order chi connectivity index (χ0) is 14.5. The highest BCUT2D eigenvalue weighted by atomic mass is 16.5. The molecule has 3 nitrogen and oxygen atoms in total. The summed E-state index contributed by atoms with van der Waals surface area (Å²) in [7, 11) is 1.68. The zero-order valence-electron chi connectivity index (χ0n) is 12.8. The topological polar surface area (TPSA) is 36.3 Å². The third kappa shape index (κ3) is 3.32. The number of nitrogens with zero attached hydrogens (tertiary/aromatic N) is 2. The average molecular weight is 272 g/mol. The van der Waals surface area contributed by atoms with E-state index in [1.165, 1.54) is 30.4 Å². The highest BCUT2D eigenvalue weighted by molar-refractivity contribution is 5.45. The molecule has 0 aliphatic carbocycles. The van der Waals surface area contributed by atoms with Gasteiger partial charge in [-0.3, -0.25) is 0 Å². The van der Waals surface area contributed by atoms with Crippen molar-refractivity contribution in [1.82, 2.24) is 4.90 Å². The van der Waals surface area contributed by atoms with Crippen molar-refractivity contribution < 1.29 is 4.74 Å². The first-order chi connectivity index (χ1) is 9.65. The van der Waals surface area contributed by atoms with Crippen LogP contribution in [-0.4, -0.2) is 31.6 Å². The van der Waals surface area contributed by atoms with E-state index in [0.717, 1.165) is 30.9 Å². The Balaban J connectivity index is 2.22. The molecule has 0 aromatic heterocycles. The summed E-state index contributed by atoms with van der Waals surface area (Å²) >= 11 is 0. The second kappa shape index (κ2) is 6.76. The van der Waals surface area contributed by atoms with Gasteiger partial charge in [0, 0.05) is 12.1 Å². The molecule has 2 rings (SSSR count). The van der Waals surface area contributed by atoms with Gasteiger partial charge in [-0.2, -0.15) is 5.26 Å². The number of piperidine rings is 1. The lowest BCUT2D eigenvalue weighted by Gasteiger charge is -2.28. The molecule has 1 aromatic rings. The molecule has 0 radical (unpaired) electrons. The van der Waals surface area contributed by atoms with Crippen LogP contribution in [0.15, 0.2) is 12.1 Å². The highest BCUT2D eigenvalue weighted by Crippen LogP contribution is 2.30. The van der Waals surface area contributed by atoms with Crippen LogP contribution in [0.5, 0.6) is 5.75 Å². The number of benzene rings is 1. The number of likely N-dealkylation sites (tertiary alicyclic amines) is 1. The van der Waals surface area contributed by atoms with Gasteiger partial charge >= 0.3 is 0 Å². The number of aryl methyl sites for hydroxylation is 2. The minimum atomic E-state index is -0.109. The number of nitriles is 1. The molecule has 0 spiro atoms. The minimum absolute atomic E-state index is 0.109. The average Bonchev–Trinajstić information content (AvgIpc) is 2.48. The Bertz CT molecular complexity index is 498. The molecule has 3 heteroatoms. The lowest BCUT2D eigenvalue weighted by molar-refractivity contribution is 0.224. The Morgan fingerprint density at radius 1 is 1.20 bits per heavy atom. The highest BCUT2D eigenvalue weighted by Gasteiger charge is 2.21. The summed E-state index contributed by atoms with van der Waals surface area (Å²) in [5.74, 6) is 0.735. The summed E-state index contributed by atoms with van der Waals surface area (Å²) in [6, 6.07) is 6.63. The first-order valence-corrected chi connectivity index (χ1v) is 7.42. The molecule has 0 saturated carbocycles. The molecule has 1 unspecified atom stereocenters. The monoisotopic (exact) mass is 272 g/mol. The standard InChI is InChI=1S/C17H24N2O/c1-13-9-16(17(20-3)10-14(13)2)15(11-18)12-19-7-5-4-6-8-19/h9-10,15H,4-8,12H2,1-3H3. The fourth-order valence-electron chi connectivity index (χ4n) is 2.87. The van der Waals surface area contributed by atoms with E-state index in [1.807, 2.05) is 6.07 Å². The van der Waals surface area contributed by atoms with Crippen LogP contribution in [0.2, 0.25) is 0 Å². The summed E-state index contributed by atoms with van der Waals surface area (Å²) in [4.78, 5) is 2.41. The van der Waals surface area contributed by atoms with Crippen molar-refractivity contribution in [2.45, 2.75) is 39.0 Å². The maximum atomic E-state index is 9.56. The van der Waals surface area contributed by atoms with Gasteiger partial charge in [-0.25, -0.2) is 0 Å². The number of methoxy groups -OCH3 is 1. The fraction of sp³-hybridized carbons (Fsp3) is 0.588. The third-order valence-corrected chi connectivity index (χ3v) is 4.27. The second-order valence-corrected chi connectivity index (χ2v) is 5.72. The molecule has 1 aliphatic rings. The molecule has 20 heavy (non-hydrogen) atoms. The number of hydrogen-bond acceptors (Lipinski definition) is 3. The first-order valence-electron chi connectivity index (χ1n) is 7.42. The number of ether oxygens (including phenoxy) is 1. The largest absolute Gasteiger partial charge is 0.496 e. The summed E-state index contributed by atoms with van der Waals surface area (Å²) in [6.45, 7) is 7.22. The van der Waals surface area contributed by atoms with E-state index in [9.17, 15) is 5.26 Å². The van der Waals surface area contributed by atoms with Crippen molar-refractivity contribution in [3.8, 4) is 11.8 Å². The fourth-order valence-corrected chi connectivity index (χ4v) is 2.87. The van der Waals surface area contributed by atoms with E-state index in [0.29, 0.717) is 0 Å². The van der Waals surface area contributed by atoms with Crippen molar-refractivity contribution in [2.24, 2.45) is 0 Å². The molecule has 0 bridgehead atoms. The first kappa shape index (κ1) is 14.9. The summed E-state index contributed by atoms with van der Waals surface area (Å²) in [6.07, 6.45) is 3.82. The van der Waals surface area contributed by atoms with Gasteiger partial charge in [0.15, 0.2) is 0 Å². The normalized spacial score (nSPS) is 17.5. The van der Waals surface area contributed by atoms with Crippen molar-refractivity contribution in [3.05, 3.63) is 28.8 Å². The van der Waals surface area contributed by atoms with Crippen LogP contribution >= 0.6 is 0 Å². The lowest BCUT2D eigenvalue weighted by atomic mass is 9.94. The Hall–Kier alpha value is -1.53.